The number of aryl methyl sites for hydroxylation is 1. The van der Waals surface area contributed by atoms with E-state index in [0.29, 0.717) is 11.3 Å². The van der Waals surface area contributed by atoms with Crippen LogP contribution in [0.4, 0.5) is 0 Å². The Morgan fingerprint density at radius 3 is 2.50 bits per heavy atom. The molecule has 0 amide bonds. The van der Waals surface area contributed by atoms with Crippen LogP contribution >= 0.6 is 0 Å². The molecule has 0 fully saturated rings. The summed E-state index contributed by atoms with van der Waals surface area (Å²) in [6, 6.07) is 5.09. The predicted molar refractivity (Wildman–Crippen MR) is 67.9 cm³/mol. The molecule has 0 heterocycles. The molecule has 1 aromatic carbocycles. The molecule has 0 saturated carbocycles. The highest BCUT2D eigenvalue weighted by atomic mass is 16.6. The van der Waals surface area contributed by atoms with Crippen LogP contribution in [0.5, 0.6) is 5.75 Å². The van der Waals surface area contributed by atoms with Gasteiger partial charge >= 0.3 is 5.97 Å². The molecule has 98 valence electrons. The van der Waals surface area contributed by atoms with E-state index in [1.165, 1.54) is 0 Å². The first-order valence-corrected chi connectivity index (χ1v) is 5.72. The molecule has 0 aliphatic carbocycles. The van der Waals surface area contributed by atoms with Crippen molar-refractivity contribution in [3.8, 4) is 5.75 Å². The van der Waals surface area contributed by atoms with Gasteiger partial charge in [-0.05, 0) is 51.5 Å². The number of hydrogen-bond acceptors (Lipinski definition) is 4. The van der Waals surface area contributed by atoms with E-state index < -0.39 is 11.6 Å². The lowest BCUT2D eigenvalue weighted by molar-refractivity contribution is -0.157. The summed E-state index contributed by atoms with van der Waals surface area (Å²) in [6.07, 6.45) is 0.743. The van der Waals surface area contributed by atoms with Crippen molar-refractivity contribution in [2.75, 3.05) is 6.61 Å². The van der Waals surface area contributed by atoms with Crippen LogP contribution in [0.3, 0.4) is 0 Å². The highest BCUT2D eigenvalue weighted by Crippen LogP contribution is 2.16. The standard InChI is InChI=1S/C14H18O4/c1-10-5-11(8-15)7-12(6-10)17-9-13(16)18-14(2,3)4/h5-8H,9H2,1-4H3. The summed E-state index contributed by atoms with van der Waals surface area (Å²) in [6.45, 7) is 7.07. The normalized spacial score (nSPS) is 10.9. The van der Waals surface area contributed by atoms with Gasteiger partial charge in [-0.1, -0.05) is 0 Å². The topological polar surface area (TPSA) is 52.6 Å². The first-order valence-electron chi connectivity index (χ1n) is 5.72. The largest absolute Gasteiger partial charge is 0.482 e. The molecule has 0 bridgehead atoms. The Bertz CT molecular complexity index is 444. The van der Waals surface area contributed by atoms with Crippen LogP contribution in [-0.4, -0.2) is 24.5 Å². The number of ether oxygens (including phenoxy) is 2. The van der Waals surface area contributed by atoms with E-state index in [1.54, 1.807) is 39.0 Å². The summed E-state index contributed by atoms with van der Waals surface area (Å²) in [4.78, 5) is 22.1. The van der Waals surface area contributed by atoms with Crippen molar-refractivity contribution in [3.63, 3.8) is 0 Å². The van der Waals surface area contributed by atoms with Gasteiger partial charge in [0.05, 0.1) is 0 Å². The maximum absolute atomic E-state index is 11.5. The number of hydrogen-bond donors (Lipinski definition) is 0. The molecule has 0 radical (unpaired) electrons. The van der Waals surface area contributed by atoms with Crippen molar-refractivity contribution in [1.29, 1.82) is 0 Å². The van der Waals surface area contributed by atoms with Crippen molar-refractivity contribution in [2.24, 2.45) is 0 Å². The van der Waals surface area contributed by atoms with Crippen molar-refractivity contribution in [1.82, 2.24) is 0 Å². The SMILES string of the molecule is Cc1cc(C=O)cc(OCC(=O)OC(C)(C)C)c1. The Hall–Kier alpha value is -1.84. The molecule has 0 atom stereocenters. The summed E-state index contributed by atoms with van der Waals surface area (Å²) in [5.41, 5.74) is 0.897. The number of esters is 1. The Morgan fingerprint density at radius 1 is 1.28 bits per heavy atom. The van der Waals surface area contributed by atoms with Crippen molar-refractivity contribution in [3.05, 3.63) is 29.3 Å². The Balaban J connectivity index is 2.61. The molecule has 0 aliphatic heterocycles. The Labute approximate surface area is 107 Å². The smallest absolute Gasteiger partial charge is 0.344 e. The molecule has 0 saturated heterocycles. The second-order valence-electron chi connectivity index (χ2n) is 5.07. The number of carbonyl (C=O) groups is 2. The zero-order valence-corrected chi connectivity index (χ0v) is 11.1. The van der Waals surface area contributed by atoms with Gasteiger partial charge in [0.25, 0.3) is 0 Å². The van der Waals surface area contributed by atoms with Crippen molar-refractivity contribution < 1.29 is 19.1 Å². The fourth-order valence-corrected chi connectivity index (χ4v) is 1.44. The average Bonchev–Trinajstić information content (AvgIpc) is 2.23. The van der Waals surface area contributed by atoms with Crippen molar-refractivity contribution in [2.45, 2.75) is 33.3 Å². The molecular weight excluding hydrogens is 232 g/mol. The molecule has 0 unspecified atom stereocenters. The lowest BCUT2D eigenvalue weighted by Crippen LogP contribution is -2.27. The van der Waals surface area contributed by atoms with E-state index in [1.807, 2.05) is 6.92 Å². The minimum Gasteiger partial charge on any atom is -0.482 e. The zero-order chi connectivity index (χ0) is 13.8. The molecule has 1 rings (SSSR count). The van der Waals surface area contributed by atoms with E-state index in [-0.39, 0.29) is 6.61 Å². The predicted octanol–water partition coefficient (Wildman–Crippen LogP) is 2.53. The van der Waals surface area contributed by atoms with Crippen molar-refractivity contribution >= 4 is 12.3 Å². The molecule has 1 aromatic rings. The molecule has 0 spiro atoms. The second kappa shape index (κ2) is 5.67. The van der Waals surface area contributed by atoms with Crippen LogP contribution in [-0.2, 0) is 9.53 Å². The zero-order valence-electron chi connectivity index (χ0n) is 11.1. The maximum atomic E-state index is 11.5. The number of rotatable bonds is 4. The maximum Gasteiger partial charge on any atom is 0.344 e. The lowest BCUT2D eigenvalue weighted by atomic mass is 10.1. The number of aldehydes is 1. The molecule has 4 heteroatoms. The monoisotopic (exact) mass is 250 g/mol. The number of carbonyl (C=O) groups excluding carboxylic acids is 2. The Kier molecular flexibility index (Phi) is 4.48. The van der Waals surface area contributed by atoms with Crippen LogP contribution in [0.1, 0.15) is 36.7 Å². The average molecular weight is 250 g/mol. The minimum atomic E-state index is -0.527. The third kappa shape index (κ3) is 4.99. The van der Waals surface area contributed by atoms with Crippen LogP contribution < -0.4 is 4.74 Å². The van der Waals surface area contributed by atoms with E-state index in [4.69, 9.17) is 9.47 Å². The fraction of sp³-hybridized carbons (Fsp3) is 0.429. The minimum absolute atomic E-state index is 0.168. The molecule has 0 aliphatic rings. The molecule has 4 nitrogen and oxygen atoms in total. The third-order valence-electron chi connectivity index (χ3n) is 1.99. The summed E-state index contributed by atoms with van der Waals surface area (Å²) < 4.78 is 10.4. The van der Waals surface area contributed by atoms with Gasteiger partial charge in [0.15, 0.2) is 6.61 Å². The molecule has 18 heavy (non-hydrogen) atoms. The van der Waals surface area contributed by atoms with Crippen LogP contribution in [0.2, 0.25) is 0 Å². The summed E-state index contributed by atoms with van der Waals surface area (Å²) in [7, 11) is 0. The van der Waals surface area contributed by atoms with Gasteiger partial charge in [0, 0.05) is 5.56 Å². The van der Waals surface area contributed by atoms with Gasteiger partial charge < -0.3 is 9.47 Å². The van der Waals surface area contributed by atoms with Crippen LogP contribution in [0.15, 0.2) is 18.2 Å². The van der Waals surface area contributed by atoms with Gasteiger partial charge in [0.2, 0.25) is 0 Å². The third-order valence-corrected chi connectivity index (χ3v) is 1.99. The molecule has 0 N–H and O–H groups in total. The first-order chi connectivity index (χ1) is 8.30. The summed E-state index contributed by atoms with van der Waals surface area (Å²) in [5, 5.41) is 0. The van der Waals surface area contributed by atoms with Gasteiger partial charge in [-0.15, -0.1) is 0 Å². The number of benzene rings is 1. The van der Waals surface area contributed by atoms with E-state index in [2.05, 4.69) is 0 Å². The quantitative estimate of drug-likeness (QED) is 0.608. The lowest BCUT2D eigenvalue weighted by Gasteiger charge is -2.19. The van der Waals surface area contributed by atoms with Gasteiger partial charge in [-0.2, -0.15) is 0 Å². The highest BCUT2D eigenvalue weighted by Gasteiger charge is 2.16. The Morgan fingerprint density at radius 2 is 1.94 bits per heavy atom. The van der Waals surface area contributed by atoms with E-state index >= 15 is 0 Å². The summed E-state index contributed by atoms with van der Waals surface area (Å²) >= 11 is 0. The van der Waals surface area contributed by atoms with Gasteiger partial charge in [0.1, 0.15) is 17.6 Å². The molecular formula is C14H18O4. The highest BCUT2D eigenvalue weighted by molar-refractivity contribution is 5.76. The first kappa shape index (κ1) is 14.2. The van der Waals surface area contributed by atoms with E-state index in [0.717, 1.165) is 11.8 Å². The molecule has 0 aromatic heterocycles. The van der Waals surface area contributed by atoms with E-state index in [9.17, 15) is 9.59 Å². The van der Waals surface area contributed by atoms with Crippen LogP contribution in [0.25, 0.3) is 0 Å². The summed E-state index contributed by atoms with van der Waals surface area (Å²) in [5.74, 6) is 0.0552. The van der Waals surface area contributed by atoms with Crippen LogP contribution in [0, 0.1) is 6.92 Å². The fourth-order valence-electron chi connectivity index (χ4n) is 1.44. The second-order valence-corrected chi connectivity index (χ2v) is 5.07. The van der Waals surface area contributed by atoms with Gasteiger partial charge in [-0.3, -0.25) is 4.79 Å². The van der Waals surface area contributed by atoms with Gasteiger partial charge in [-0.25, -0.2) is 4.79 Å².